The van der Waals surface area contributed by atoms with Crippen molar-refractivity contribution in [2.75, 3.05) is 0 Å². The Morgan fingerprint density at radius 2 is 2.10 bits per heavy atom. The molecule has 2 N–H and O–H groups in total. The predicted octanol–water partition coefficient (Wildman–Crippen LogP) is 2.23. The number of alkyl carbamates (subject to hydrolysis) is 1. The summed E-state index contributed by atoms with van der Waals surface area (Å²) in [6.07, 6.45) is 2.60. The Balaban J connectivity index is 2.40. The van der Waals surface area contributed by atoms with Crippen LogP contribution in [0.4, 0.5) is 4.79 Å². The summed E-state index contributed by atoms with van der Waals surface area (Å²) < 4.78 is 4.95. The fourth-order valence-corrected chi connectivity index (χ4v) is 1.56. The maximum Gasteiger partial charge on any atom is 0.408 e. The van der Waals surface area contributed by atoms with E-state index in [0.717, 1.165) is 5.56 Å². The Morgan fingerprint density at radius 1 is 1.38 bits per heavy atom. The second-order valence-electron chi connectivity index (χ2n) is 4.21. The van der Waals surface area contributed by atoms with E-state index < -0.39 is 18.1 Å². The second-order valence-corrected chi connectivity index (χ2v) is 4.21. The van der Waals surface area contributed by atoms with Gasteiger partial charge in [0, 0.05) is 6.08 Å². The molecular weight excluding hydrogens is 272 g/mol. The van der Waals surface area contributed by atoms with Gasteiger partial charge < -0.3 is 15.2 Å². The molecule has 1 atom stereocenters. The Morgan fingerprint density at radius 3 is 2.71 bits per heavy atom. The zero-order valence-corrected chi connectivity index (χ0v) is 11.4. The molecular formula is C15H16N2O4. The number of nitrogens with one attached hydrogen (secondary N) is 1. The Kier molecular flexibility index (Phi) is 7.08. The van der Waals surface area contributed by atoms with Gasteiger partial charge in [0.25, 0.3) is 0 Å². The fourth-order valence-electron chi connectivity index (χ4n) is 1.56. The fraction of sp³-hybridized carbons (Fsp3) is 0.267. The van der Waals surface area contributed by atoms with Gasteiger partial charge in [0.05, 0.1) is 6.07 Å². The van der Waals surface area contributed by atoms with Crippen LogP contribution in [0.1, 0.15) is 18.4 Å². The van der Waals surface area contributed by atoms with Gasteiger partial charge >= 0.3 is 12.1 Å². The van der Waals surface area contributed by atoms with E-state index in [1.807, 2.05) is 24.3 Å². The van der Waals surface area contributed by atoms with Crippen LogP contribution in [0.3, 0.4) is 0 Å². The van der Waals surface area contributed by atoms with Crippen LogP contribution >= 0.6 is 0 Å². The molecule has 0 aliphatic rings. The SMILES string of the molecule is N#CC=CCC[C@H](NC(=O)OCc1ccccc1)C(=O)O. The van der Waals surface area contributed by atoms with Gasteiger partial charge in [0.1, 0.15) is 12.6 Å². The highest BCUT2D eigenvalue weighted by Crippen LogP contribution is 2.03. The quantitative estimate of drug-likeness (QED) is 0.749. The number of aliphatic carboxylic acids is 1. The number of amides is 1. The Bertz CT molecular complexity index is 534. The molecule has 1 rings (SSSR count). The number of nitriles is 1. The van der Waals surface area contributed by atoms with Crippen molar-refractivity contribution in [3.63, 3.8) is 0 Å². The summed E-state index contributed by atoms with van der Waals surface area (Å²) in [6, 6.07) is 9.85. The minimum Gasteiger partial charge on any atom is -0.480 e. The van der Waals surface area contributed by atoms with Crippen LogP contribution in [0.5, 0.6) is 0 Å². The lowest BCUT2D eigenvalue weighted by Crippen LogP contribution is -2.40. The summed E-state index contributed by atoms with van der Waals surface area (Å²) in [4.78, 5) is 22.6. The van der Waals surface area contributed by atoms with Gasteiger partial charge in [-0.25, -0.2) is 9.59 Å². The Labute approximate surface area is 122 Å². The van der Waals surface area contributed by atoms with E-state index in [1.165, 1.54) is 6.08 Å². The van der Waals surface area contributed by atoms with Crippen molar-refractivity contribution in [2.24, 2.45) is 0 Å². The lowest BCUT2D eigenvalue weighted by molar-refractivity contribution is -0.139. The normalized spacial score (nSPS) is 11.6. The molecule has 0 radical (unpaired) electrons. The van der Waals surface area contributed by atoms with E-state index in [-0.39, 0.29) is 13.0 Å². The largest absolute Gasteiger partial charge is 0.480 e. The maximum absolute atomic E-state index is 11.6. The first-order valence-electron chi connectivity index (χ1n) is 6.38. The van der Waals surface area contributed by atoms with Crippen molar-refractivity contribution in [1.82, 2.24) is 5.32 Å². The van der Waals surface area contributed by atoms with Crippen LogP contribution in [0.15, 0.2) is 42.5 Å². The molecule has 6 heteroatoms. The number of carboxylic acids is 1. The third-order valence-corrected chi connectivity index (χ3v) is 2.62. The van der Waals surface area contributed by atoms with E-state index in [1.54, 1.807) is 18.2 Å². The van der Waals surface area contributed by atoms with Gasteiger partial charge in [0.15, 0.2) is 0 Å². The second kappa shape index (κ2) is 9.15. The zero-order chi connectivity index (χ0) is 15.5. The molecule has 1 aromatic rings. The van der Waals surface area contributed by atoms with Gasteiger partial charge in [-0.15, -0.1) is 0 Å². The Hall–Kier alpha value is -2.81. The van der Waals surface area contributed by atoms with Gasteiger partial charge in [-0.1, -0.05) is 36.4 Å². The number of hydrogen-bond acceptors (Lipinski definition) is 4. The maximum atomic E-state index is 11.6. The topological polar surface area (TPSA) is 99.4 Å². The molecule has 110 valence electrons. The van der Waals surface area contributed by atoms with Crippen LogP contribution in [0.2, 0.25) is 0 Å². The average Bonchev–Trinajstić information content (AvgIpc) is 2.49. The number of carbonyl (C=O) groups is 2. The highest BCUT2D eigenvalue weighted by molar-refractivity contribution is 5.79. The summed E-state index contributed by atoms with van der Waals surface area (Å²) in [5, 5.41) is 19.6. The van der Waals surface area contributed by atoms with E-state index in [4.69, 9.17) is 15.1 Å². The average molecular weight is 288 g/mol. The number of ether oxygens (including phenoxy) is 1. The van der Waals surface area contributed by atoms with Gasteiger partial charge in [-0.3, -0.25) is 0 Å². The summed E-state index contributed by atoms with van der Waals surface area (Å²) in [6.45, 7) is 0.0767. The number of hydrogen-bond donors (Lipinski definition) is 2. The van der Waals surface area contributed by atoms with Gasteiger partial charge in [0.2, 0.25) is 0 Å². The molecule has 1 amide bonds. The smallest absolute Gasteiger partial charge is 0.408 e. The third-order valence-electron chi connectivity index (χ3n) is 2.62. The summed E-state index contributed by atoms with van der Waals surface area (Å²) in [5.74, 6) is -1.14. The molecule has 0 aliphatic heterocycles. The van der Waals surface area contributed by atoms with E-state index >= 15 is 0 Å². The lowest BCUT2D eigenvalue weighted by atomic mass is 10.1. The number of rotatable bonds is 7. The highest BCUT2D eigenvalue weighted by atomic mass is 16.5. The van der Waals surface area contributed by atoms with Crippen LogP contribution in [0.25, 0.3) is 0 Å². The highest BCUT2D eigenvalue weighted by Gasteiger charge is 2.19. The van der Waals surface area contributed by atoms with Crippen molar-refractivity contribution in [2.45, 2.75) is 25.5 Å². The molecule has 0 aliphatic carbocycles. The van der Waals surface area contributed by atoms with Crippen LogP contribution in [-0.2, 0) is 16.1 Å². The molecule has 0 unspecified atom stereocenters. The number of carboxylic acid groups (broad SMARTS) is 1. The minimum atomic E-state index is -1.14. The summed E-state index contributed by atoms with van der Waals surface area (Å²) in [7, 11) is 0. The molecule has 0 heterocycles. The first-order valence-corrected chi connectivity index (χ1v) is 6.38. The van der Waals surface area contributed by atoms with Crippen LogP contribution in [-0.4, -0.2) is 23.2 Å². The van der Waals surface area contributed by atoms with Crippen molar-refractivity contribution in [3.8, 4) is 6.07 Å². The molecule has 6 nitrogen and oxygen atoms in total. The lowest BCUT2D eigenvalue weighted by Gasteiger charge is -2.13. The summed E-state index contributed by atoms with van der Waals surface area (Å²) in [5.41, 5.74) is 0.816. The summed E-state index contributed by atoms with van der Waals surface area (Å²) >= 11 is 0. The first kappa shape index (κ1) is 16.2. The number of nitrogens with zero attached hydrogens (tertiary/aromatic N) is 1. The third kappa shape index (κ3) is 6.78. The van der Waals surface area contributed by atoms with E-state index in [9.17, 15) is 9.59 Å². The van der Waals surface area contributed by atoms with Crippen LogP contribution < -0.4 is 5.32 Å². The molecule has 0 spiro atoms. The number of carbonyl (C=O) groups excluding carboxylic acids is 1. The van der Waals surface area contributed by atoms with Gasteiger partial charge in [-0.2, -0.15) is 5.26 Å². The molecule has 0 saturated carbocycles. The molecule has 0 bridgehead atoms. The molecule has 1 aromatic carbocycles. The van der Waals surface area contributed by atoms with Crippen molar-refractivity contribution < 1.29 is 19.4 Å². The van der Waals surface area contributed by atoms with Gasteiger partial charge in [-0.05, 0) is 18.4 Å². The van der Waals surface area contributed by atoms with Crippen molar-refractivity contribution in [1.29, 1.82) is 5.26 Å². The molecule has 0 aromatic heterocycles. The van der Waals surface area contributed by atoms with Crippen molar-refractivity contribution in [3.05, 3.63) is 48.0 Å². The molecule has 0 saturated heterocycles. The number of allylic oxidation sites excluding steroid dienone is 2. The molecule has 21 heavy (non-hydrogen) atoms. The van der Waals surface area contributed by atoms with Crippen LogP contribution in [0, 0.1) is 11.3 Å². The zero-order valence-electron chi connectivity index (χ0n) is 11.4. The minimum absolute atomic E-state index is 0.0767. The molecule has 0 fully saturated rings. The standard InChI is InChI=1S/C15H16N2O4/c16-10-6-2-5-9-13(14(18)19)17-15(20)21-11-12-7-3-1-4-8-12/h1-4,6-8,13H,5,9,11H2,(H,17,20)(H,18,19)/t13-/m0/s1. The monoisotopic (exact) mass is 288 g/mol. The van der Waals surface area contributed by atoms with E-state index in [0.29, 0.717) is 6.42 Å². The number of benzene rings is 1. The predicted molar refractivity (Wildman–Crippen MR) is 75.2 cm³/mol. The van der Waals surface area contributed by atoms with E-state index in [2.05, 4.69) is 5.32 Å². The van der Waals surface area contributed by atoms with Crippen molar-refractivity contribution >= 4 is 12.1 Å². The first-order chi connectivity index (χ1) is 10.1.